The Morgan fingerprint density at radius 3 is 2.85 bits per heavy atom. The highest BCUT2D eigenvalue weighted by atomic mass is 79.9. The SMILES string of the molecule is COc1ccc(Br)cc1C1SCCN1S(=O)(=O)c1ccc(CNC(C)=O)s1. The fraction of sp³-hybridized carbons (Fsp3) is 0.353. The van der Waals surface area contributed by atoms with Crippen LogP contribution in [0.2, 0.25) is 0 Å². The summed E-state index contributed by atoms with van der Waals surface area (Å²) in [6.07, 6.45) is 0. The van der Waals surface area contributed by atoms with E-state index in [0.29, 0.717) is 24.6 Å². The third kappa shape index (κ3) is 4.51. The van der Waals surface area contributed by atoms with Gasteiger partial charge in [0.2, 0.25) is 5.91 Å². The van der Waals surface area contributed by atoms with E-state index in [1.165, 1.54) is 22.6 Å². The molecule has 1 amide bonds. The van der Waals surface area contributed by atoms with Crippen molar-refractivity contribution in [3.05, 3.63) is 45.2 Å². The van der Waals surface area contributed by atoms with E-state index in [0.717, 1.165) is 14.9 Å². The number of amides is 1. The highest BCUT2D eigenvalue weighted by Gasteiger charge is 2.39. The molecule has 1 atom stereocenters. The summed E-state index contributed by atoms with van der Waals surface area (Å²) in [5.41, 5.74) is 0.827. The molecule has 10 heteroatoms. The van der Waals surface area contributed by atoms with Gasteiger partial charge >= 0.3 is 0 Å². The van der Waals surface area contributed by atoms with Crippen LogP contribution in [0.3, 0.4) is 0 Å². The molecule has 1 fully saturated rings. The summed E-state index contributed by atoms with van der Waals surface area (Å²) < 4.78 is 34.6. The summed E-state index contributed by atoms with van der Waals surface area (Å²) >= 11 is 6.22. The van der Waals surface area contributed by atoms with Gasteiger partial charge in [-0.2, -0.15) is 4.31 Å². The molecule has 1 aromatic heterocycles. The second kappa shape index (κ2) is 8.52. The van der Waals surface area contributed by atoms with Crippen LogP contribution in [0.1, 0.15) is 22.7 Å². The maximum Gasteiger partial charge on any atom is 0.253 e. The lowest BCUT2D eigenvalue weighted by atomic mass is 10.2. The Balaban J connectivity index is 1.90. The number of methoxy groups -OCH3 is 1. The van der Waals surface area contributed by atoms with Gasteiger partial charge in [-0.15, -0.1) is 23.1 Å². The number of hydrogen-bond acceptors (Lipinski definition) is 6. The predicted octanol–water partition coefficient (Wildman–Crippen LogP) is 3.59. The topological polar surface area (TPSA) is 75.7 Å². The maximum atomic E-state index is 13.2. The monoisotopic (exact) mass is 490 g/mol. The van der Waals surface area contributed by atoms with Crippen LogP contribution in [0, 0.1) is 0 Å². The van der Waals surface area contributed by atoms with Crippen molar-refractivity contribution in [3.8, 4) is 5.75 Å². The number of rotatable bonds is 6. The van der Waals surface area contributed by atoms with E-state index in [-0.39, 0.29) is 15.5 Å². The molecule has 1 unspecified atom stereocenters. The molecule has 0 aliphatic carbocycles. The first-order valence-corrected chi connectivity index (χ1v) is 12.2. The van der Waals surface area contributed by atoms with Crippen molar-refractivity contribution < 1.29 is 17.9 Å². The first-order chi connectivity index (χ1) is 12.8. The third-order valence-electron chi connectivity index (χ3n) is 4.02. The van der Waals surface area contributed by atoms with E-state index in [1.807, 2.05) is 18.2 Å². The van der Waals surface area contributed by atoms with Crippen LogP contribution in [0.4, 0.5) is 0 Å². The van der Waals surface area contributed by atoms with Crippen LogP contribution in [-0.4, -0.2) is 38.0 Å². The van der Waals surface area contributed by atoms with Crippen LogP contribution in [-0.2, 0) is 21.4 Å². The third-order valence-corrected chi connectivity index (χ3v) is 9.30. The number of thioether (sulfide) groups is 1. The number of sulfonamides is 1. The number of carbonyl (C=O) groups excluding carboxylic acids is 1. The standard InChI is InChI=1S/C17H19BrN2O4S3/c1-11(21)19-10-13-4-6-16(26-13)27(22,23)20-7-8-25-17(20)14-9-12(18)3-5-15(14)24-2/h3-6,9,17H,7-8,10H2,1-2H3,(H,19,21). The molecular formula is C17H19BrN2O4S3. The minimum Gasteiger partial charge on any atom is -0.496 e. The van der Waals surface area contributed by atoms with E-state index in [9.17, 15) is 13.2 Å². The van der Waals surface area contributed by atoms with Gasteiger partial charge in [-0.05, 0) is 30.3 Å². The van der Waals surface area contributed by atoms with Crippen molar-refractivity contribution >= 4 is 55.0 Å². The van der Waals surface area contributed by atoms with E-state index < -0.39 is 10.0 Å². The number of benzene rings is 1. The zero-order chi connectivity index (χ0) is 19.6. The molecule has 1 N–H and O–H groups in total. The van der Waals surface area contributed by atoms with Crippen molar-refractivity contribution in [2.75, 3.05) is 19.4 Å². The molecule has 1 aromatic carbocycles. The van der Waals surface area contributed by atoms with Gasteiger partial charge in [-0.3, -0.25) is 4.79 Å². The first-order valence-electron chi connectivity index (χ1n) is 8.13. The Bertz CT molecular complexity index is 945. The molecule has 0 saturated carbocycles. The fourth-order valence-corrected chi connectivity index (χ4v) is 7.81. The predicted molar refractivity (Wildman–Crippen MR) is 112 cm³/mol. The number of ether oxygens (including phenoxy) is 1. The summed E-state index contributed by atoms with van der Waals surface area (Å²) in [7, 11) is -2.06. The normalized spacial score (nSPS) is 17.8. The van der Waals surface area contributed by atoms with Gasteiger partial charge in [-0.1, -0.05) is 15.9 Å². The zero-order valence-corrected chi connectivity index (χ0v) is 18.8. The summed E-state index contributed by atoms with van der Waals surface area (Å²) in [6, 6.07) is 8.95. The summed E-state index contributed by atoms with van der Waals surface area (Å²) in [4.78, 5) is 11.9. The molecule has 1 saturated heterocycles. The Kier molecular flexibility index (Phi) is 6.52. The van der Waals surface area contributed by atoms with Gasteiger partial charge in [0.15, 0.2) is 0 Å². The average molecular weight is 491 g/mol. The van der Waals surface area contributed by atoms with Crippen LogP contribution in [0.15, 0.2) is 39.0 Å². The van der Waals surface area contributed by atoms with Crippen molar-refractivity contribution in [1.82, 2.24) is 9.62 Å². The molecule has 146 valence electrons. The van der Waals surface area contributed by atoms with Crippen molar-refractivity contribution in [3.63, 3.8) is 0 Å². The summed E-state index contributed by atoms with van der Waals surface area (Å²) in [5, 5.41) is 2.35. The molecule has 0 radical (unpaired) electrons. The van der Waals surface area contributed by atoms with Crippen molar-refractivity contribution in [1.29, 1.82) is 0 Å². The van der Waals surface area contributed by atoms with E-state index >= 15 is 0 Å². The number of thiophene rings is 1. The molecule has 1 aliphatic heterocycles. The largest absolute Gasteiger partial charge is 0.496 e. The van der Waals surface area contributed by atoms with Gasteiger partial charge in [0.25, 0.3) is 10.0 Å². The highest BCUT2D eigenvalue weighted by Crippen LogP contribution is 2.45. The second-order valence-corrected chi connectivity index (χ2v) is 11.2. The number of nitrogens with one attached hydrogen (secondary N) is 1. The van der Waals surface area contributed by atoms with Gasteiger partial charge in [-0.25, -0.2) is 8.42 Å². The zero-order valence-electron chi connectivity index (χ0n) is 14.8. The second-order valence-electron chi connectivity index (χ2n) is 5.86. The number of carbonyl (C=O) groups is 1. The average Bonchev–Trinajstić information content (AvgIpc) is 3.30. The molecular weight excluding hydrogens is 472 g/mol. The lowest BCUT2D eigenvalue weighted by Crippen LogP contribution is -2.30. The van der Waals surface area contributed by atoms with Crippen LogP contribution in [0.25, 0.3) is 0 Å². The lowest BCUT2D eigenvalue weighted by molar-refractivity contribution is -0.119. The van der Waals surface area contributed by atoms with Gasteiger partial charge in [0, 0.05) is 34.1 Å². The van der Waals surface area contributed by atoms with Crippen molar-refractivity contribution in [2.45, 2.75) is 23.1 Å². The molecule has 27 heavy (non-hydrogen) atoms. The summed E-state index contributed by atoms with van der Waals surface area (Å²) in [5.74, 6) is 1.23. The fourth-order valence-electron chi connectivity index (χ4n) is 2.76. The van der Waals surface area contributed by atoms with Crippen LogP contribution in [0.5, 0.6) is 5.75 Å². The van der Waals surface area contributed by atoms with Gasteiger partial charge < -0.3 is 10.1 Å². The van der Waals surface area contributed by atoms with Crippen LogP contribution >= 0.6 is 39.0 Å². The number of hydrogen-bond donors (Lipinski definition) is 1. The van der Waals surface area contributed by atoms with Crippen LogP contribution < -0.4 is 10.1 Å². The molecule has 0 bridgehead atoms. The summed E-state index contributed by atoms with van der Waals surface area (Å²) in [6.45, 7) is 2.20. The molecule has 2 aromatic rings. The van der Waals surface area contributed by atoms with Crippen molar-refractivity contribution in [2.24, 2.45) is 0 Å². The highest BCUT2D eigenvalue weighted by molar-refractivity contribution is 9.10. The van der Waals surface area contributed by atoms with Gasteiger partial charge in [0.1, 0.15) is 9.96 Å². The molecule has 1 aliphatic rings. The Labute approximate surface area is 175 Å². The molecule has 6 nitrogen and oxygen atoms in total. The maximum absolute atomic E-state index is 13.2. The molecule has 3 rings (SSSR count). The van der Waals surface area contributed by atoms with E-state index in [4.69, 9.17) is 4.74 Å². The quantitative estimate of drug-likeness (QED) is 0.669. The number of halogens is 1. The number of nitrogens with zero attached hydrogens (tertiary/aromatic N) is 1. The molecule has 0 spiro atoms. The van der Waals surface area contributed by atoms with E-state index in [1.54, 1.807) is 31.0 Å². The smallest absolute Gasteiger partial charge is 0.253 e. The molecule has 2 heterocycles. The Morgan fingerprint density at radius 1 is 1.37 bits per heavy atom. The van der Waals surface area contributed by atoms with Gasteiger partial charge in [0.05, 0.1) is 19.0 Å². The van der Waals surface area contributed by atoms with E-state index in [2.05, 4.69) is 21.2 Å². The lowest BCUT2D eigenvalue weighted by Gasteiger charge is -2.24. The Hall–Kier alpha value is -1.07. The minimum atomic E-state index is -3.64. The Morgan fingerprint density at radius 2 is 2.15 bits per heavy atom. The first kappa shape index (κ1) is 20.7. The minimum absolute atomic E-state index is 0.148.